The molecule has 1 atom stereocenters. The maximum absolute atomic E-state index is 2.67. The van der Waals surface area contributed by atoms with Crippen molar-refractivity contribution in [3.8, 4) is 0 Å². The average molecular weight is 189 g/mol. The van der Waals surface area contributed by atoms with E-state index in [1.54, 1.807) is 0 Å². The van der Waals surface area contributed by atoms with E-state index in [9.17, 15) is 0 Å². The number of rotatable bonds is 3. The molecule has 0 aromatic heterocycles. The van der Waals surface area contributed by atoms with E-state index in [0.29, 0.717) is 0 Å². The van der Waals surface area contributed by atoms with Gasteiger partial charge in [-0.3, -0.25) is 4.31 Å². The highest BCUT2D eigenvalue weighted by molar-refractivity contribution is 8.31. The molecule has 0 radical (unpaired) electrons. The molecule has 1 saturated heterocycles. The summed E-state index contributed by atoms with van der Waals surface area (Å²) in [4.78, 5) is 0. The van der Waals surface area contributed by atoms with E-state index in [4.69, 9.17) is 0 Å². The lowest BCUT2D eigenvalue weighted by Crippen LogP contribution is -2.32. The Morgan fingerprint density at radius 2 is 1.83 bits per heavy atom. The van der Waals surface area contributed by atoms with Crippen LogP contribution in [0.15, 0.2) is 0 Å². The molecule has 0 amide bonds. The Bertz CT molecular complexity index is 141. The van der Waals surface area contributed by atoms with E-state index in [2.05, 4.69) is 31.5 Å². The highest BCUT2D eigenvalue weighted by atomic mass is 32.3. The fourth-order valence-corrected chi connectivity index (χ4v) is 5.36. The van der Waals surface area contributed by atoms with Crippen molar-refractivity contribution >= 4 is 10.2 Å². The zero-order chi connectivity index (χ0) is 9.19. The Labute approximate surface area is 79.0 Å². The van der Waals surface area contributed by atoms with Crippen LogP contribution in [0.5, 0.6) is 0 Å². The maximum atomic E-state index is 2.67. The van der Waals surface area contributed by atoms with Crippen molar-refractivity contribution in [3.63, 3.8) is 0 Å². The van der Waals surface area contributed by atoms with Crippen LogP contribution in [0.2, 0.25) is 0 Å². The Morgan fingerprint density at radius 1 is 1.33 bits per heavy atom. The predicted molar refractivity (Wildman–Crippen MR) is 60.0 cm³/mol. The Morgan fingerprint density at radius 3 is 2.25 bits per heavy atom. The molecule has 74 valence electrons. The summed E-state index contributed by atoms with van der Waals surface area (Å²) in [7, 11) is 1.97. The first-order valence-corrected chi connectivity index (χ1v) is 7.40. The van der Waals surface area contributed by atoms with Crippen LogP contribution in [0.25, 0.3) is 0 Å². The summed E-state index contributed by atoms with van der Waals surface area (Å²) in [6.45, 7) is 4.65. The Hall–Kier alpha value is 0.310. The molecule has 1 unspecified atom stereocenters. The van der Waals surface area contributed by atoms with Gasteiger partial charge in [-0.05, 0) is 51.0 Å². The molecule has 1 aliphatic heterocycles. The van der Waals surface area contributed by atoms with E-state index in [-0.39, 0.29) is 10.2 Å². The van der Waals surface area contributed by atoms with E-state index in [1.165, 1.54) is 30.8 Å². The molecule has 1 fully saturated rings. The van der Waals surface area contributed by atoms with Crippen LogP contribution in [-0.2, 0) is 0 Å². The van der Waals surface area contributed by atoms with Crippen molar-refractivity contribution in [1.29, 1.82) is 0 Å². The maximum Gasteiger partial charge on any atom is 0.0153 e. The molecule has 1 heterocycles. The van der Waals surface area contributed by atoms with Gasteiger partial charge in [-0.2, -0.15) is 10.2 Å². The summed E-state index contributed by atoms with van der Waals surface area (Å²) < 4.78 is 2.67. The lowest BCUT2D eigenvalue weighted by molar-refractivity contribution is 0.416. The Kier molecular flexibility index (Phi) is 3.47. The van der Waals surface area contributed by atoms with Crippen molar-refractivity contribution in [2.75, 3.05) is 24.8 Å². The molecule has 0 aromatic rings. The zero-order valence-corrected chi connectivity index (χ0v) is 9.78. The first-order chi connectivity index (χ1) is 5.60. The first kappa shape index (κ1) is 10.4. The minimum atomic E-state index is -0.360. The Balaban J connectivity index is 2.54. The number of hydrogen-bond acceptors (Lipinski definition) is 1. The average Bonchev–Trinajstić information content (AvgIpc) is 2.50. The van der Waals surface area contributed by atoms with Crippen LogP contribution >= 0.6 is 10.2 Å². The van der Waals surface area contributed by atoms with Crippen LogP contribution in [-0.4, -0.2) is 35.2 Å². The van der Waals surface area contributed by atoms with Gasteiger partial charge in [0.1, 0.15) is 0 Å². The smallest absolute Gasteiger partial charge is 0.0153 e. The van der Waals surface area contributed by atoms with Crippen molar-refractivity contribution in [2.45, 2.75) is 39.2 Å². The van der Waals surface area contributed by atoms with E-state index >= 15 is 0 Å². The topological polar surface area (TPSA) is 3.24 Å². The van der Waals surface area contributed by atoms with Crippen LogP contribution in [0.1, 0.15) is 33.1 Å². The van der Waals surface area contributed by atoms with E-state index in [0.717, 1.165) is 6.04 Å². The molecular formula is C10H23NS. The summed E-state index contributed by atoms with van der Waals surface area (Å²) in [6.07, 6.45) is 6.73. The number of hydrogen-bond donors (Lipinski definition) is 0. The van der Waals surface area contributed by atoms with E-state index < -0.39 is 0 Å². The normalized spacial score (nSPS) is 27.4. The summed E-state index contributed by atoms with van der Waals surface area (Å²) in [5.74, 6) is 2.96. The standard InChI is InChI=1S/C10H23NS/c1-5-10(2)11(3)12(4)8-6-7-9-12/h10H,5-9H2,1-4H3. The lowest BCUT2D eigenvalue weighted by Gasteiger charge is -2.44. The summed E-state index contributed by atoms with van der Waals surface area (Å²) in [5.41, 5.74) is 0. The molecular weight excluding hydrogens is 166 g/mol. The summed E-state index contributed by atoms with van der Waals surface area (Å²) >= 11 is 0. The van der Waals surface area contributed by atoms with Gasteiger partial charge in [0.25, 0.3) is 0 Å². The van der Waals surface area contributed by atoms with Gasteiger partial charge >= 0.3 is 0 Å². The molecule has 1 nitrogen and oxygen atoms in total. The van der Waals surface area contributed by atoms with Gasteiger partial charge in [0.15, 0.2) is 0 Å². The first-order valence-electron chi connectivity index (χ1n) is 5.07. The second-order valence-corrected chi connectivity index (χ2v) is 7.98. The molecule has 1 aliphatic rings. The molecule has 12 heavy (non-hydrogen) atoms. The minimum absolute atomic E-state index is 0.360. The molecule has 2 heteroatoms. The second-order valence-electron chi connectivity index (χ2n) is 4.14. The molecule has 0 N–H and O–H groups in total. The van der Waals surface area contributed by atoms with Crippen molar-refractivity contribution in [3.05, 3.63) is 0 Å². The molecule has 0 saturated carbocycles. The molecule has 1 rings (SSSR count). The van der Waals surface area contributed by atoms with Gasteiger partial charge in [0.05, 0.1) is 0 Å². The fraction of sp³-hybridized carbons (Fsp3) is 1.00. The van der Waals surface area contributed by atoms with Gasteiger partial charge in [-0.25, -0.2) is 0 Å². The van der Waals surface area contributed by atoms with Crippen molar-refractivity contribution in [1.82, 2.24) is 4.31 Å². The van der Waals surface area contributed by atoms with Gasteiger partial charge < -0.3 is 0 Å². The van der Waals surface area contributed by atoms with Crippen LogP contribution in [0.3, 0.4) is 0 Å². The predicted octanol–water partition coefficient (Wildman–Crippen LogP) is 2.86. The molecule has 0 bridgehead atoms. The molecule has 0 aromatic carbocycles. The zero-order valence-electron chi connectivity index (χ0n) is 8.97. The highest BCUT2D eigenvalue weighted by Gasteiger charge is 2.29. The highest BCUT2D eigenvalue weighted by Crippen LogP contribution is 2.53. The number of nitrogens with zero attached hydrogens (tertiary/aromatic N) is 1. The van der Waals surface area contributed by atoms with Crippen LogP contribution < -0.4 is 0 Å². The summed E-state index contributed by atoms with van der Waals surface area (Å²) in [6, 6.07) is 0.781. The quantitative estimate of drug-likeness (QED) is 0.660. The second kappa shape index (κ2) is 4.01. The van der Waals surface area contributed by atoms with Gasteiger partial charge in [0.2, 0.25) is 0 Å². The van der Waals surface area contributed by atoms with Gasteiger partial charge in [-0.1, -0.05) is 6.92 Å². The third kappa shape index (κ3) is 1.97. The van der Waals surface area contributed by atoms with Gasteiger partial charge in [-0.15, -0.1) is 0 Å². The third-order valence-corrected chi connectivity index (χ3v) is 7.41. The van der Waals surface area contributed by atoms with Crippen LogP contribution in [0, 0.1) is 0 Å². The molecule has 0 spiro atoms. The lowest BCUT2D eigenvalue weighted by atomic mass is 10.3. The molecule has 0 aliphatic carbocycles. The van der Waals surface area contributed by atoms with Crippen molar-refractivity contribution < 1.29 is 0 Å². The monoisotopic (exact) mass is 189 g/mol. The van der Waals surface area contributed by atoms with Crippen molar-refractivity contribution in [2.24, 2.45) is 0 Å². The largest absolute Gasteiger partial charge is 0.268 e. The SMILES string of the molecule is CCC(C)N(C)S1(C)CCCC1. The third-order valence-electron chi connectivity index (χ3n) is 3.32. The fourth-order valence-electron chi connectivity index (χ4n) is 1.91. The van der Waals surface area contributed by atoms with Gasteiger partial charge in [0, 0.05) is 6.04 Å². The van der Waals surface area contributed by atoms with E-state index in [1.807, 2.05) is 0 Å². The summed E-state index contributed by atoms with van der Waals surface area (Å²) in [5, 5.41) is 0. The van der Waals surface area contributed by atoms with Crippen LogP contribution in [0.4, 0.5) is 0 Å². The minimum Gasteiger partial charge on any atom is -0.268 e.